The second kappa shape index (κ2) is 7.13. The highest BCUT2D eigenvalue weighted by atomic mass is 79.9. The van der Waals surface area contributed by atoms with Crippen molar-refractivity contribution in [1.82, 2.24) is 4.31 Å². The van der Waals surface area contributed by atoms with Crippen LogP contribution in [-0.2, 0) is 14.8 Å². The number of anilines is 1. The van der Waals surface area contributed by atoms with Gasteiger partial charge in [0.15, 0.2) is 0 Å². The van der Waals surface area contributed by atoms with Crippen LogP contribution in [0.4, 0.5) is 5.69 Å². The standard InChI is InChI=1S/C15H14BrClN2O3S2/c16-10-3-5-11(6-4-10)18-15(20)12-2-1-9-19(12)24(21,22)14-8-7-13(17)23-14/h3-8,12H,1-2,9H2,(H,18,20). The van der Waals surface area contributed by atoms with Gasteiger partial charge in [-0.25, -0.2) is 8.42 Å². The molecule has 0 bridgehead atoms. The van der Waals surface area contributed by atoms with Gasteiger partial charge in [0.1, 0.15) is 10.3 Å². The summed E-state index contributed by atoms with van der Waals surface area (Å²) in [6, 6.07) is 9.46. The molecular formula is C15H14BrClN2O3S2. The molecule has 24 heavy (non-hydrogen) atoms. The van der Waals surface area contributed by atoms with Crippen molar-refractivity contribution in [3.05, 3.63) is 45.2 Å². The van der Waals surface area contributed by atoms with Crippen molar-refractivity contribution in [1.29, 1.82) is 0 Å². The number of thiophene rings is 1. The number of carbonyl (C=O) groups is 1. The second-order valence-electron chi connectivity index (χ2n) is 5.33. The Labute approximate surface area is 157 Å². The van der Waals surface area contributed by atoms with E-state index in [2.05, 4.69) is 21.2 Å². The molecule has 1 aromatic heterocycles. The molecule has 1 unspecified atom stereocenters. The van der Waals surface area contributed by atoms with Crippen molar-refractivity contribution < 1.29 is 13.2 Å². The Bertz CT molecular complexity index is 852. The van der Waals surface area contributed by atoms with Crippen molar-refractivity contribution in [2.75, 3.05) is 11.9 Å². The lowest BCUT2D eigenvalue weighted by Gasteiger charge is -2.22. The van der Waals surface area contributed by atoms with Crippen LogP contribution in [0.3, 0.4) is 0 Å². The number of hydrogen-bond acceptors (Lipinski definition) is 4. The maximum Gasteiger partial charge on any atom is 0.253 e. The highest BCUT2D eigenvalue weighted by Gasteiger charge is 2.40. The molecule has 0 saturated carbocycles. The second-order valence-corrected chi connectivity index (χ2v) is 10.1. The zero-order valence-electron chi connectivity index (χ0n) is 12.4. The number of rotatable bonds is 4. The van der Waals surface area contributed by atoms with Crippen molar-refractivity contribution in [3.63, 3.8) is 0 Å². The molecule has 1 aliphatic rings. The Morgan fingerprint density at radius 3 is 2.58 bits per heavy atom. The van der Waals surface area contributed by atoms with Gasteiger partial charge in [-0.15, -0.1) is 11.3 Å². The Morgan fingerprint density at radius 2 is 1.96 bits per heavy atom. The van der Waals surface area contributed by atoms with Gasteiger partial charge in [0.2, 0.25) is 5.91 Å². The van der Waals surface area contributed by atoms with Gasteiger partial charge < -0.3 is 5.32 Å². The van der Waals surface area contributed by atoms with E-state index in [0.717, 1.165) is 15.8 Å². The summed E-state index contributed by atoms with van der Waals surface area (Å²) in [7, 11) is -3.71. The van der Waals surface area contributed by atoms with Crippen molar-refractivity contribution >= 4 is 60.5 Å². The summed E-state index contributed by atoms with van der Waals surface area (Å²) in [5.74, 6) is -0.318. The lowest BCUT2D eigenvalue weighted by Crippen LogP contribution is -2.42. The number of amides is 1. The number of benzene rings is 1. The third kappa shape index (κ3) is 3.67. The van der Waals surface area contributed by atoms with Gasteiger partial charge in [0, 0.05) is 16.7 Å². The molecule has 0 aliphatic carbocycles. The lowest BCUT2D eigenvalue weighted by atomic mass is 10.2. The van der Waals surface area contributed by atoms with Crippen molar-refractivity contribution in [2.24, 2.45) is 0 Å². The summed E-state index contributed by atoms with van der Waals surface area (Å²) < 4.78 is 28.2. The largest absolute Gasteiger partial charge is 0.325 e. The minimum atomic E-state index is -3.71. The summed E-state index contributed by atoms with van der Waals surface area (Å²) in [5.41, 5.74) is 0.631. The molecule has 1 amide bonds. The van der Waals surface area contributed by atoms with E-state index in [0.29, 0.717) is 29.4 Å². The van der Waals surface area contributed by atoms with E-state index in [1.54, 1.807) is 18.2 Å². The number of carbonyl (C=O) groups excluding carboxylic acids is 1. The molecule has 2 aromatic rings. The summed E-state index contributed by atoms with van der Waals surface area (Å²) in [5, 5.41) is 2.78. The molecule has 128 valence electrons. The van der Waals surface area contributed by atoms with Crippen LogP contribution in [0.1, 0.15) is 12.8 Å². The minimum absolute atomic E-state index is 0.163. The maximum absolute atomic E-state index is 12.8. The molecule has 1 aromatic carbocycles. The van der Waals surface area contributed by atoms with Crippen LogP contribution in [0.5, 0.6) is 0 Å². The van der Waals surface area contributed by atoms with Crippen LogP contribution in [0.15, 0.2) is 45.1 Å². The Hall–Kier alpha value is -0.930. The van der Waals surface area contributed by atoms with Gasteiger partial charge >= 0.3 is 0 Å². The van der Waals surface area contributed by atoms with Gasteiger partial charge in [-0.05, 0) is 49.2 Å². The van der Waals surface area contributed by atoms with Crippen LogP contribution >= 0.6 is 38.9 Å². The average Bonchev–Trinajstić information content (AvgIpc) is 3.19. The van der Waals surface area contributed by atoms with Gasteiger partial charge in [-0.2, -0.15) is 4.31 Å². The predicted octanol–water partition coefficient (Wildman–Crippen LogP) is 3.96. The topological polar surface area (TPSA) is 66.5 Å². The summed E-state index contributed by atoms with van der Waals surface area (Å²) >= 11 is 10.2. The maximum atomic E-state index is 12.8. The fourth-order valence-corrected chi connectivity index (χ4v) is 6.13. The third-order valence-electron chi connectivity index (χ3n) is 3.73. The molecule has 1 saturated heterocycles. The molecule has 2 heterocycles. The molecule has 0 radical (unpaired) electrons. The highest BCUT2D eigenvalue weighted by molar-refractivity contribution is 9.10. The normalized spacial score (nSPS) is 18.7. The summed E-state index contributed by atoms with van der Waals surface area (Å²) in [6.07, 6.45) is 1.15. The Balaban J connectivity index is 1.80. The van der Waals surface area contributed by atoms with Gasteiger partial charge in [-0.3, -0.25) is 4.79 Å². The van der Waals surface area contributed by atoms with E-state index in [-0.39, 0.29) is 10.1 Å². The van der Waals surface area contributed by atoms with Crippen LogP contribution in [0.25, 0.3) is 0 Å². The van der Waals surface area contributed by atoms with Crippen LogP contribution < -0.4 is 5.32 Å². The predicted molar refractivity (Wildman–Crippen MR) is 99.0 cm³/mol. The van der Waals surface area contributed by atoms with Crippen molar-refractivity contribution in [3.8, 4) is 0 Å². The molecule has 9 heteroatoms. The third-order valence-corrected chi connectivity index (χ3v) is 7.87. The quantitative estimate of drug-likeness (QED) is 0.768. The smallest absolute Gasteiger partial charge is 0.253 e. The van der Waals surface area contributed by atoms with E-state index >= 15 is 0 Å². The summed E-state index contributed by atoms with van der Waals surface area (Å²) in [6.45, 7) is 0.330. The first-order valence-electron chi connectivity index (χ1n) is 7.21. The SMILES string of the molecule is O=C(Nc1ccc(Br)cc1)C1CCCN1S(=O)(=O)c1ccc(Cl)s1. The van der Waals surface area contributed by atoms with E-state index in [4.69, 9.17) is 11.6 Å². The first-order valence-corrected chi connectivity index (χ1v) is 10.6. The molecule has 3 rings (SSSR count). The van der Waals surface area contributed by atoms with Crippen LogP contribution in [0, 0.1) is 0 Å². The molecule has 1 fully saturated rings. The summed E-state index contributed by atoms with van der Waals surface area (Å²) in [4.78, 5) is 12.5. The number of nitrogens with one attached hydrogen (secondary N) is 1. The highest BCUT2D eigenvalue weighted by Crippen LogP contribution is 2.32. The van der Waals surface area contributed by atoms with Gasteiger partial charge in [-0.1, -0.05) is 27.5 Å². The van der Waals surface area contributed by atoms with E-state index in [9.17, 15) is 13.2 Å². The van der Waals surface area contributed by atoms with E-state index in [1.807, 2.05) is 12.1 Å². The number of halogens is 2. The molecular weight excluding hydrogens is 436 g/mol. The van der Waals surface area contributed by atoms with Crippen molar-refractivity contribution in [2.45, 2.75) is 23.1 Å². The lowest BCUT2D eigenvalue weighted by molar-refractivity contribution is -0.119. The van der Waals surface area contributed by atoms with Crippen LogP contribution in [-0.4, -0.2) is 31.2 Å². The van der Waals surface area contributed by atoms with Gasteiger partial charge in [0.25, 0.3) is 10.0 Å². The zero-order valence-corrected chi connectivity index (χ0v) is 16.4. The van der Waals surface area contributed by atoms with E-state index < -0.39 is 16.1 Å². The Morgan fingerprint density at radius 1 is 1.25 bits per heavy atom. The number of sulfonamides is 1. The zero-order chi connectivity index (χ0) is 17.3. The molecule has 1 aliphatic heterocycles. The average molecular weight is 450 g/mol. The first kappa shape index (κ1) is 17.9. The number of hydrogen-bond donors (Lipinski definition) is 1. The monoisotopic (exact) mass is 448 g/mol. The fraction of sp³-hybridized carbons (Fsp3) is 0.267. The number of nitrogens with zero attached hydrogens (tertiary/aromatic N) is 1. The van der Waals surface area contributed by atoms with E-state index in [1.165, 1.54) is 10.4 Å². The van der Waals surface area contributed by atoms with Gasteiger partial charge in [0.05, 0.1) is 4.34 Å². The Kier molecular flexibility index (Phi) is 5.31. The fourth-order valence-electron chi connectivity index (χ4n) is 2.60. The first-order chi connectivity index (χ1) is 11.4. The van der Waals surface area contributed by atoms with Crippen LogP contribution in [0.2, 0.25) is 4.34 Å². The molecule has 1 N–H and O–H groups in total. The molecule has 1 atom stereocenters. The molecule has 5 nitrogen and oxygen atoms in total. The molecule has 0 spiro atoms. The minimum Gasteiger partial charge on any atom is -0.325 e.